The first-order valence-electron chi connectivity index (χ1n) is 25.9. The Morgan fingerprint density at radius 3 is 0.526 bits per heavy atom. The predicted octanol–water partition coefficient (Wildman–Crippen LogP) is 5.15. The predicted molar refractivity (Wildman–Crippen MR) is 265 cm³/mol. The Morgan fingerprint density at radius 1 is 0.244 bits per heavy atom. The Balaban J connectivity index is 1.87. The van der Waals surface area contributed by atoms with Crippen LogP contribution < -0.4 is 0 Å². The average Bonchev–Trinajstić information content (AvgIpc) is 3.28. The molecule has 4 bridgehead atoms. The van der Waals surface area contributed by atoms with Crippen LogP contribution in [0.4, 0.5) is 0 Å². The van der Waals surface area contributed by atoms with E-state index in [0.717, 1.165) is 0 Å². The summed E-state index contributed by atoms with van der Waals surface area (Å²) in [6.45, 7) is 16.0. The monoisotopic (exact) mass is 1110 g/mol. The molecule has 0 aromatic carbocycles. The fourth-order valence-corrected chi connectivity index (χ4v) is 10.5. The van der Waals surface area contributed by atoms with Crippen molar-refractivity contribution in [3.63, 3.8) is 0 Å². The van der Waals surface area contributed by atoms with Gasteiger partial charge in [-0.05, 0) is 122 Å². The first kappa shape index (κ1) is 65.9. The van der Waals surface area contributed by atoms with Gasteiger partial charge >= 0.3 is 71.6 Å². The summed E-state index contributed by atoms with van der Waals surface area (Å²) in [5, 5.41) is 0. The summed E-state index contributed by atoms with van der Waals surface area (Å²) >= 11 is 0. The van der Waals surface area contributed by atoms with Crippen LogP contribution in [0.2, 0.25) is 0 Å². The van der Waals surface area contributed by atoms with Crippen LogP contribution in [-0.4, -0.2) is 147 Å². The maximum Gasteiger partial charge on any atom is 0.344 e. The summed E-state index contributed by atoms with van der Waals surface area (Å²) in [7, 11) is 0. The highest BCUT2D eigenvalue weighted by molar-refractivity contribution is 5.82. The smallest absolute Gasteiger partial charge is 0.344 e. The fraction of sp³-hybridized carbons (Fsp3) is 0.778. The molecule has 0 spiro atoms. The molecule has 0 amide bonds. The molecule has 4 fully saturated rings. The van der Waals surface area contributed by atoms with E-state index in [9.17, 15) is 57.5 Å². The minimum absolute atomic E-state index is 0.254. The molecule has 0 aromatic rings. The minimum atomic E-state index is -0.963. The van der Waals surface area contributed by atoms with E-state index in [2.05, 4.69) is 0 Å². The minimum Gasteiger partial charge on any atom is -0.465 e. The largest absolute Gasteiger partial charge is 0.465 e. The molecule has 78 heavy (non-hydrogen) atoms. The molecule has 0 aliphatic heterocycles. The van der Waals surface area contributed by atoms with Gasteiger partial charge in [-0.15, -0.1) is 0 Å². The Morgan fingerprint density at radius 2 is 0.385 bits per heavy atom. The topological polar surface area (TPSA) is 316 Å². The van der Waals surface area contributed by atoms with Gasteiger partial charge in [-0.2, -0.15) is 0 Å². The summed E-state index contributed by atoms with van der Waals surface area (Å²) in [4.78, 5) is 152. The molecule has 4 saturated carbocycles. The van der Waals surface area contributed by atoms with E-state index in [0.29, 0.717) is 0 Å². The third-order valence-electron chi connectivity index (χ3n) is 11.9. The van der Waals surface area contributed by atoms with Crippen molar-refractivity contribution in [1.29, 1.82) is 0 Å². The van der Waals surface area contributed by atoms with Crippen LogP contribution in [0.3, 0.4) is 0 Å². The maximum atomic E-state index is 13.3. The summed E-state index contributed by atoms with van der Waals surface area (Å²) in [5.41, 5.74) is -7.15. The van der Waals surface area contributed by atoms with E-state index >= 15 is 0 Å². The van der Waals surface area contributed by atoms with Gasteiger partial charge in [0, 0.05) is 21.7 Å². The van der Waals surface area contributed by atoms with Gasteiger partial charge in [-0.3, -0.25) is 38.4 Å². The first-order valence-corrected chi connectivity index (χ1v) is 25.9. The van der Waals surface area contributed by atoms with E-state index in [1.807, 2.05) is 0 Å². The van der Waals surface area contributed by atoms with Crippen LogP contribution in [0.1, 0.15) is 173 Å². The number of esters is 12. The van der Waals surface area contributed by atoms with Gasteiger partial charge in [0.1, 0.15) is 22.4 Å². The molecule has 0 atom stereocenters. The Hall–Kier alpha value is -6.36. The Bertz CT molecular complexity index is 1870. The lowest BCUT2D eigenvalue weighted by atomic mass is 9.36. The van der Waals surface area contributed by atoms with Crippen LogP contribution in [0.25, 0.3) is 0 Å². The number of carbonyl (C=O) groups is 12. The molecule has 0 aromatic heterocycles. The van der Waals surface area contributed by atoms with Crippen molar-refractivity contribution in [1.82, 2.24) is 0 Å². The van der Waals surface area contributed by atoms with Gasteiger partial charge in [0.05, 0.1) is 77.8 Å². The van der Waals surface area contributed by atoms with E-state index in [4.69, 9.17) is 56.8 Å². The third kappa shape index (κ3) is 25.4. The van der Waals surface area contributed by atoms with Gasteiger partial charge in [0.15, 0.2) is 26.4 Å². The van der Waals surface area contributed by atoms with Crippen LogP contribution in [-0.2, 0) is 114 Å². The van der Waals surface area contributed by atoms with Crippen molar-refractivity contribution < 1.29 is 114 Å². The second-order valence-electron chi connectivity index (χ2n) is 24.7. The molecule has 24 heteroatoms. The van der Waals surface area contributed by atoms with Crippen molar-refractivity contribution in [2.75, 3.05) is 52.9 Å². The number of carbonyl (C=O) groups excluding carboxylic acids is 12. The number of hydrogen-bond donors (Lipinski definition) is 0. The van der Waals surface area contributed by atoms with Crippen molar-refractivity contribution in [2.24, 2.45) is 21.7 Å². The lowest BCUT2D eigenvalue weighted by molar-refractivity contribution is -0.249. The molecule has 0 saturated heterocycles. The number of ether oxygens (including phenoxy) is 12. The normalized spacial score (nSPS) is 21.4. The number of rotatable bonds is 28. The van der Waals surface area contributed by atoms with Crippen molar-refractivity contribution in [3.8, 4) is 0 Å². The zero-order valence-corrected chi connectivity index (χ0v) is 47.4. The maximum absolute atomic E-state index is 13.3. The first-order chi connectivity index (χ1) is 35.8. The van der Waals surface area contributed by atoms with E-state index in [1.165, 1.54) is 0 Å². The molecule has 0 heterocycles. The van der Waals surface area contributed by atoms with Gasteiger partial charge in [-0.1, -0.05) is 0 Å². The highest BCUT2D eigenvalue weighted by Crippen LogP contribution is 2.74. The molecular weight excluding hydrogens is 1030 g/mol. The quantitative estimate of drug-likeness (QED) is 0.0722. The Kier molecular flexibility index (Phi) is 23.2. The summed E-state index contributed by atoms with van der Waals surface area (Å²) in [6.07, 6.45) is -1.85. The zero-order valence-electron chi connectivity index (χ0n) is 47.4. The molecule has 4 aliphatic carbocycles. The summed E-state index contributed by atoms with van der Waals surface area (Å²) in [6, 6.07) is 0. The van der Waals surface area contributed by atoms with Crippen LogP contribution >= 0.6 is 0 Å². The standard InChI is InChI=1S/C54H80O24/c1-47(2,3)75-43(63)21-67-35(55)13-17-39(59)71-31-51-25-52(32-72-40(60)18-14-36(56)68-22-44(64)76-48(4,5)6)28-53(26-51,33-73-41(61)19-15-37(57)69-23-45(65)77-49(7,8)9)30-54(27-51,29-52)34-74-42(62)20-16-38(58)70-24-46(66)78-50(10,11)12/h13-34H2,1-12H3. The molecule has 4 rings (SSSR count). The van der Waals surface area contributed by atoms with Crippen LogP contribution in [0.5, 0.6) is 0 Å². The fourth-order valence-electron chi connectivity index (χ4n) is 10.5. The molecular formula is C54H80O24. The van der Waals surface area contributed by atoms with Crippen LogP contribution in [0.15, 0.2) is 0 Å². The van der Waals surface area contributed by atoms with Crippen molar-refractivity contribution in [3.05, 3.63) is 0 Å². The van der Waals surface area contributed by atoms with Gasteiger partial charge in [-0.25, -0.2) is 19.2 Å². The molecule has 4 aliphatic rings. The van der Waals surface area contributed by atoms with Crippen molar-refractivity contribution in [2.45, 2.75) is 195 Å². The van der Waals surface area contributed by atoms with Gasteiger partial charge < -0.3 is 56.8 Å². The molecule has 24 nitrogen and oxygen atoms in total. The van der Waals surface area contributed by atoms with Crippen molar-refractivity contribution >= 4 is 71.6 Å². The number of hydrogen-bond acceptors (Lipinski definition) is 24. The molecule has 0 radical (unpaired) electrons. The van der Waals surface area contributed by atoms with Gasteiger partial charge in [0.25, 0.3) is 0 Å². The zero-order chi connectivity index (χ0) is 59.0. The molecule has 0 unspecified atom stereocenters. The summed E-state index contributed by atoms with van der Waals surface area (Å²) in [5.74, 6) is -9.77. The molecule has 0 N–H and O–H groups in total. The van der Waals surface area contributed by atoms with Gasteiger partial charge in [0.2, 0.25) is 0 Å². The highest BCUT2D eigenvalue weighted by Gasteiger charge is 2.69. The van der Waals surface area contributed by atoms with Crippen LogP contribution in [0, 0.1) is 21.7 Å². The Labute approximate surface area is 454 Å². The summed E-state index contributed by atoms with van der Waals surface area (Å²) < 4.78 is 63.9. The second-order valence-corrected chi connectivity index (χ2v) is 24.7. The van der Waals surface area contributed by atoms with E-state index in [1.54, 1.807) is 83.1 Å². The second kappa shape index (κ2) is 27.5. The highest BCUT2D eigenvalue weighted by atomic mass is 16.6. The molecule has 440 valence electrons. The SMILES string of the molecule is CC(C)(C)OC(=O)COC(=O)CCC(=O)OCC12CC3(COC(=O)CCC(=O)OCC(=O)OC(C)(C)C)CC(COC(=O)CCC(=O)OCC(=O)OC(C)(C)C)(C1)CC(COC(=O)CCC(=O)OCC(=O)OC(C)(C)C)(C2)C3. The lowest BCUT2D eigenvalue weighted by Gasteiger charge is -2.69. The average molecular weight is 1110 g/mol. The third-order valence-corrected chi connectivity index (χ3v) is 11.9. The lowest BCUT2D eigenvalue weighted by Crippen LogP contribution is -2.65. The van der Waals surface area contributed by atoms with E-state index < -0.39 is 193 Å². The van der Waals surface area contributed by atoms with E-state index in [-0.39, 0.29) is 65.0 Å².